The Morgan fingerprint density at radius 2 is 1.96 bits per heavy atom. The molecule has 0 aliphatic carbocycles. The number of aromatic carboxylic acids is 1. The highest BCUT2D eigenvalue weighted by atomic mass is 32.1. The first-order valence-electron chi connectivity index (χ1n) is 9.00. The number of benzene rings is 1. The number of thiophene rings is 1. The summed E-state index contributed by atoms with van der Waals surface area (Å²) in [6.07, 6.45) is 3.87. The van der Waals surface area contributed by atoms with Gasteiger partial charge in [0.2, 0.25) is 5.91 Å². The van der Waals surface area contributed by atoms with Gasteiger partial charge in [-0.25, -0.2) is 4.79 Å². The molecule has 1 aromatic carbocycles. The van der Waals surface area contributed by atoms with Crippen molar-refractivity contribution in [3.8, 4) is 0 Å². The molecule has 2 aromatic rings. The van der Waals surface area contributed by atoms with E-state index in [1.54, 1.807) is 6.08 Å². The van der Waals surface area contributed by atoms with E-state index in [-0.39, 0.29) is 11.5 Å². The largest absolute Gasteiger partial charge is 0.478 e. The summed E-state index contributed by atoms with van der Waals surface area (Å²) in [5, 5.41) is 12.8. The maximum Gasteiger partial charge on any atom is 0.339 e. The Labute approximate surface area is 163 Å². The lowest BCUT2D eigenvalue weighted by molar-refractivity contribution is -0.111. The minimum atomic E-state index is -0.986. The molecule has 0 bridgehead atoms. The van der Waals surface area contributed by atoms with Gasteiger partial charge in [0.15, 0.2) is 0 Å². The lowest BCUT2D eigenvalue weighted by Crippen LogP contribution is -2.26. The maximum atomic E-state index is 12.3. The van der Waals surface area contributed by atoms with E-state index in [0.29, 0.717) is 23.9 Å². The van der Waals surface area contributed by atoms with E-state index in [9.17, 15) is 14.7 Å². The van der Waals surface area contributed by atoms with Crippen molar-refractivity contribution < 1.29 is 14.7 Å². The smallest absolute Gasteiger partial charge is 0.339 e. The molecule has 1 amide bonds. The number of carboxylic acid groups (broad SMARTS) is 1. The Kier molecular flexibility index (Phi) is 5.77. The number of rotatable bonds is 5. The van der Waals surface area contributed by atoms with Crippen LogP contribution in [0.25, 0.3) is 6.08 Å². The summed E-state index contributed by atoms with van der Waals surface area (Å²) < 4.78 is 0. The average molecular weight is 385 g/mol. The van der Waals surface area contributed by atoms with Crippen molar-refractivity contribution in [3.63, 3.8) is 0 Å². The molecule has 1 aliphatic heterocycles. The lowest BCUT2D eigenvalue weighted by Gasteiger charge is -2.22. The van der Waals surface area contributed by atoms with E-state index >= 15 is 0 Å². The zero-order valence-corrected chi connectivity index (χ0v) is 16.6. The fourth-order valence-electron chi connectivity index (χ4n) is 3.16. The van der Waals surface area contributed by atoms with E-state index in [1.165, 1.54) is 23.0 Å². The number of likely N-dealkylation sites (N-methyl/N-ethyl adjacent to an activating group) is 1. The number of nitrogens with zero attached hydrogens (tertiary/aromatic N) is 1. The number of hydrogen-bond acceptors (Lipinski definition) is 4. The Bertz CT molecular complexity index is 882. The van der Waals surface area contributed by atoms with Gasteiger partial charge in [0.05, 0.1) is 5.56 Å². The fourth-order valence-corrected chi connectivity index (χ4v) is 4.49. The molecule has 2 N–H and O–H groups in total. The quantitative estimate of drug-likeness (QED) is 0.758. The SMILES string of the molecule is CC(C)c1ccc(/C=C/C(=O)Nc2sc3c(c2C(=O)O)CCN(C)C3)cc1. The number of amides is 1. The number of carboxylic acids is 1. The van der Waals surface area contributed by atoms with Crippen LogP contribution in [0, 0.1) is 0 Å². The van der Waals surface area contributed by atoms with Crippen molar-refractivity contribution in [3.05, 3.63) is 57.5 Å². The van der Waals surface area contributed by atoms with Crippen LogP contribution in [0.4, 0.5) is 5.00 Å². The Morgan fingerprint density at radius 1 is 1.26 bits per heavy atom. The Morgan fingerprint density at radius 3 is 2.59 bits per heavy atom. The van der Waals surface area contributed by atoms with Crippen molar-refractivity contribution in [2.75, 3.05) is 18.9 Å². The summed E-state index contributed by atoms with van der Waals surface area (Å²) in [7, 11) is 2.01. The molecule has 27 heavy (non-hydrogen) atoms. The number of nitrogens with one attached hydrogen (secondary N) is 1. The third-order valence-corrected chi connectivity index (χ3v) is 5.86. The fraction of sp³-hybridized carbons (Fsp3) is 0.333. The maximum absolute atomic E-state index is 12.3. The first-order chi connectivity index (χ1) is 12.8. The minimum Gasteiger partial charge on any atom is -0.478 e. The summed E-state index contributed by atoms with van der Waals surface area (Å²) in [4.78, 5) is 27.2. The van der Waals surface area contributed by atoms with E-state index < -0.39 is 5.97 Å². The Balaban J connectivity index is 1.75. The highest BCUT2D eigenvalue weighted by molar-refractivity contribution is 7.17. The third kappa shape index (κ3) is 4.46. The molecule has 0 radical (unpaired) electrons. The van der Waals surface area contributed by atoms with Crippen LogP contribution in [-0.4, -0.2) is 35.5 Å². The number of hydrogen-bond donors (Lipinski definition) is 2. The molecule has 142 valence electrons. The van der Waals surface area contributed by atoms with Gasteiger partial charge in [-0.2, -0.15) is 0 Å². The number of anilines is 1. The van der Waals surface area contributed by atoms with Gasteiger partial charge in [-0.05, 0) is 42.2 Å². The molecule has 0 spiro atoms. The molecule has 6 heteroatoms. The average Bonchev–Trinajstić information content (AvgIpc) is 2.97. The van der Waals surface area contributed by atoms with Gasteiger partial charge >= 0.3 is 5.97 Å². The van der Waals surface area contributed by atoms with Gasteiger partial charge < -0.3 is 15.3 Å². The Hall–Kier alpha value is -2.44. The van der Waals surface area contributed by atoms with Crippen LogP contribution >= 0.6 is 11.3 Å². The summed E-state index contributed by atoms with van der Waals surface area (Å²) in [5.74, 6) is -0.845. The molecule has 0 fully saturated rings. The predicted octanol–water partition coefficient (Wildman–Crippen LogP) is 4.21. The molecule has 3 rings (SSSR count). The highest BCUT2D eigenvalue weighted by Gasteiger charge is 2.27. The molecule has 1 aliphatic rings. The summed E-state index contributed by atoms with van der Waals surface area (Å²) in [5.41, 5.74) is 3.28. The molecule has 0 unspecified atom stereocenters. The van der Waals surface area contributed by atoms with E-state index in [2.05, 4.69) is 36.2 Å². The normalized spacial score (nSPS) is 14.5. The van der Waals surface area contributed by atoms with Gasteiger partial charge in [-0.3, -0.25) is 4.79 Å². The summed E-state index contributed by atoms with van der Waals surface area (Å²) in [6.45, 7) is 5.81. The first-order valence-corrected chi connectivity index (χ1v) is 9.82. The van der Waals surface area contributed by atoms with Crippen LogP contribution in [0.3, 0.4) is 0 Å². The second-order valence-electron chi connectivity index (χ2n) is 7.14. The predicted molar refractivity (Wildman–Crippen MR) is 110 cm³/mol. The van der Waals surface area contributed by atoms with Gasteiger partial charge in [-0.15, -0.1) is 11.3 Å². The summed E-state index contributed by atoms with van der Waals surface area (Å²) >= 11 is 1.36. The second-order valence-corrected chi connectivity index (χ2v) is 8.25. The first kappa shape index (κ1) is 19.3. The van der Waals surface area contributed by atoms with Crippen LogP contribution in [0.1, 0.15) is 51.7 Å². The molecular formula is C21H24N2O3S. The van der Waals surface area contributed by atoms with Crippen molar-refractivity contribution in [1.29, 1.82) is 0 Å². The van der Waals surface area contributed by atoms with E-state index in [4.69, 9.17) is 0 Å². The van der Waals surface area contributed by atoms with Crippen molar-refractivity contribution in [1.82, 2.24) is 4.90 Å². The van der Waals surface area contributed by atoms with Gasteiger partial charge in [0, 0.05) is 24.0 Å². The van der Waals surface area contributed by atoms with Gasteiger partial charge in [0.25, 0.3) is 0 Å². The standard InChI is InChI=1S/C21H24N2O3S/c1-13(2)15-7-4-14(5-8-15)6-9-18(24)22-20-19(21(25)26)16-10-11-23(3)12-17(16)27-20/h4-9,13H,10-12H2,1-3H3,(H,22,24)(H,25,26)/b9-6+. The molecule has 0 saturated carbocycles. The molecule has 2 heterocycles. The molecular weight excluding hydrogens is 360 g/mol. The zero-order valence-electron chi connectivity index (χ0n) is 15.8. The van der Waals surface area contributed by atoms with Gasteiger partial charge in [-0.1, -0.05) is 38.1 Å². The molecule has 5 nitrogen and oxygen atoms in total. The lowest BCUT2D eigenvalue weighted by atomic mass is 10.0. The molecule has 1 aromatic heterocycles. The molecule has 0 saturated heterocycles. The van der Waals surface area contributed by atoms with E-state index in [0.717, 1.165) is 22.5 Å². The van der Waals surface area contributed by atoms with Crippen molar-refractivity contribution in [2.45, 2.75) is 32.7 Å². The number of fused-ring (bicyclic) bond motifs is 1. The van der Waals surface area contributed by atoms with Crippen LogP contribution in [0.15, 0.2) is 30.3 Å². The van der Waals surface area contributed by atoms with Crippen LogP contribution in [-0.2, 0) is 17.8 Å². The number of carbonyl (C=O) groups is 2. The monoisotopic (exact) mass is 384 g/mol. The van der Waals surface area contributed by atoms with Crippen molar-refractivity contribution >= 4 is 34.3 Å². The minimum absolute atomic E-state index is 0.242. The van der Waals surface area contributed by atoms with Crippen LogP contribution in [0.2, 0.25) is 0 Å². The highest BCUT2D eigenvalue weighted by Crippen LogP contribution is 2.36. The topological polar surface area (TPSA) is 69.6 Å². The van der Waals surface area contributed by atoms with Crippen molar-refractivity contribution in [2.24, 2.45) is 0 Å². The second kappa shape index (κ2) is 8.06. The van der Waals surface area contributed by atoms with E-state index in [1.807, 2.05) is 19.2 Å². The third-order valence-electron chi connectivity index (χ3n) is 4.73. The van der Waals surface area contributed by atoms with Crippen LogP contribution in [0.5, 0.6) is 0 Å². The van der Waals surface area contributed by atoms with Crippen LogP contribution < -0.4 is 5.32 Å². The molecule has 0 atom stereocenters. The number of carbonyl (C=O) groups excluding carboxylic acids is 1. The van der Waals surface area contributed by atoms with Gasteiger partial charge in [0.1, 0.15) is 5.00 Å². The summed E-state index contributed by atoms with van der Waals surface area (Å²) in [6, 6.07) is 8.05. The zero-order chi connectivity index (χ0) is 19.6.